The minimum absolute atomic E-state index is 0.0484. The molecule has 0 saturated carbocycles. The zero-order chi connectivity index (χ0) is 58.6. The van der Waals surface area contributed by atoms with E-state index in [1.807, 2.05) is 138 Å². The Morgan fingerprint density at radius 1 is 0.583 bits per heavy atom. The average molecular weight is 1150 g/mol. The first-order chi connectivity index (χ1) is 41.0. The van der Waals surface area contributed by atoms with Crippen molar-refractivity contribution in [2.45, 2.75) is 76.3 Å². The number of nitrogens with zero attached hydrogens (tertiary/aromatic N) is 6. The van der Waals surface area contributed by atoms with E-state index >= 15 is 0 Å². The predicted octanol–water partition coefficient (Wildman–Crippen LogP) is 13.9. The van der Waals surface area contributed by atoms with Crippen LogP contribution in [0.1, 0.15) is 79.3 Å². The van der Waals surface area contributed by atoms with Crippen molar-refractivity contribution in [3.05, 3.63) is 234 Å². The molecule has 10 rings (SSSR count). The molecule has 2 aromatic heterocycles. The van der Waals surface area contributed by atoms with E-state index in [1.165, 1.54) is 0 Å². The third-order valence-corrected chi connectivity index (χ3v) is 17.3. The van der Waals surface area contributed by atoms with Crippen LogP contribution in [0, 0.1) is 17.2 Å². The second-order valence-electron chi connectivity index (χ2n) is 21.0. The first-order valence-electron chi connectivity index (χ1n) is 28.1. The zero-order valence-electron chi connectivity index (χ0n) is 48.7. The number of nitriles is 1. The van der Waals surface area contributed by atoms with E-state index in [0.29, 0.717) is 48.0 Å². The number of hydrogen-bond donors (Lipinski definition) is 0. The van der Waals surface area contributed by atoms with Gasteiger partial charge in [0.2, 0.25) is 0 Å². The summed E-state index contributed by atoms with van der Waals surface area (Å²) < 4.78 is 60.9. The molecule has 1 saturated heterocycles. The summed E-state index contributed by atoms with van der Waals surface area (Å²) in [7, 11) is 4.93. The summed E-state index contributed by atoms with van der Waals surface area (Å²) in [6.07, 6.45) is 3.08. The predicted molar refractivity (Wildman–Crippen MR) is 325 cm³/mol. The van der Waals surface area contributed by atoms with Crippen molar-refractivity contribution >= 4 is 19.7 Å². The highest BCUT2D eigenvalue weighted by molar-refractivity contribution is 7.44. The number of hydrogen-bond acceptors (Lipinski definition) is 14. The van der Waals surface area contributed by atoms with Gasteiger partial charge in [-0.15, -0.1) is 0 Å². The summed E-state index contributed by atoms with van der Waals surface area (Å²) in [4.78, 5) is 14.4. The summed E-state index contributed by atoms with van der Waals surface area (Å²) in [5.41, 5.74) is 7.26. The van der Waals surface area contributed by atoms with Crippen molar-refractivity contribution in [1.29, 1.82) is 5.26 Å². The number of fused-ring (bicyclic) bond motifs is 1. The molecule has 1 aliphatic heterocycles. The monoisotopic (exact) mass is 1150 g/mol. The van der Waals surface area contributed by atoms with Gasteiger partial charge in [-0.3, -0.25) is 4.57 Å². The Hall–Kier alpha value is -8.03. The lowest BCUT2D eigenvalue weighted by atomic mass is 9.80. The van der Waals surface area contributed by atoms with Crippen molar-refractivity contribution in [2.24, 2.45) is 5.92 Å². The topological polar surface area (TPSA) is 154 Å². The summed E-state index contributed by atoms with van der Waals surface area (Å²) in [5.74, 6) is 2.27. The second kappa shape index (κ2) is 27.1. The molecule has 0 aliphatic carbocycles. The van der Waals surface area contributed by atoms with Gasteiger partial charge in [-0.05, 0) is 115 Å². The van der Waals surface area contributed by atoms with E-state index in [-0.39, 0.29) is 31.4 Å². The van der Waals surface area contributed by atoms with Crippen LogP contribution in [0.15, 0.2) is 195 Å². The van der Waals surface area contributed by atoms with E-state index in [4.69, 9.17) is 57.2 Å². The van der Waals surface area contributed by atoms with Crippen molar-refractivity contribution < 1.29 is 42.2 Å². The molecule has 3 heterocycles. The Morgan fingerprint density at radius 3 is 1.50 bits per heavy atom. The molecule has 0 N–H and O–H groups in total. The standard InChI is InChI=1S/C68H71N6O9P/c1-47(2)74(48(3)4)84(82-43-50(40-69)42-81-68(53-17-13-10-14-18-53,56-27-35-60(77-7)36-28-56)57-29-37-61(78-8)38-30-57)83-62-39-63(79-44-62)73-46-72-65-64(70-45-71-66(65)73)51-21-19-49(20-22-51)41-80-67(52-15-11-9-12-16-52,54-23-31-58(75-5)32-24-54)55-25-33-59(76-6)34-26-55/h9-38,45-48,50,62-63H,39,41-44H2,1-8H3/t50-,62+,63-,84?/m1/s1. The Labute approximate surface area is 493 Å². The van der Waals surface area contributed by atoms with E-state index in [1.54, 1.807) is 41.1 Å². The van der Waals surface area contributed by atoms with Gasteiger partial charge >= 0.3 is 0 Å². The molecule has 432 valence electrons. The molecule has 1 aliphatic rings. The fourth-order valence-electron chi connectivity index (χ4n) is 11.0. The maximum Gasteiger partial charge on any atom is 0.259 e. The lowest BCUT2D eigenvalue weighted by Crippen LogP contribution is -2.36. The highest BCUT2D eigenvalue weighted by atomic mass is 31.2. The molecule has 0 spiro atoms. The maximum atomic E-state index is 10.8. The lowest BCUT2D eigenvalue weighted by molar-refractivity contribution is -0.00768. The van der Waals surface area contributed by atoms with Crippen molar-refractivity contribution in [1.82, 2.24) is 24.2 Å². The Balaban J connectivity index is 0.848. The van der Waals surface area contributed by atoms with E-state index in [0.717, 1.165) is 56.0 Å². The SMILES string of the molecule is COc1ccc(C(OCc2ccc(-c3ncnc4c3ncn4[C@H]3C[C@H](OP(OC[C@H](C#N)COC(c4ccccc4)(c4ccc(OC)cc4)c4ccc(OC)cc4)N(C(C)C)C(C)C)CO3)cc2)(c2ccccc2)c2ccc(OC)cc2)cc1. The molecular formula is C68H71N6O9P. The van der Waals surface area contributed by atoms with Crippen LogP contribution in [0.2, 0.25) is 0 Å². The fourth-order valence-corrected chi connectivity index (χ4v) is 12.7. The van der Waals surface area contributed by atoms with Crippen LogP contribution < -0.4 is 18.9 Å². The van der Waals surface area contributed by atoms with Gasteiger partial charge in [0.05, 0.1) is 79.3 Å². The van der Waals surface area contributed by atoms with Crippen molar-refractivity contribution in [3.8, 4) is 40.3 Å². The van der Waals surface area contributed by atoms with Crippen molar-refractivity contribution in [2.75, 3.05) is 48.3 Å². The summed E-state index contributed by atoms with van der Waals surface area (Å²) in [6.45, 7) is 9.22. The molecule has 0 radical (unpaired) electrons. The van der Waals surface area contributed by atoms with Gasteiger partial charge in [0.25, 0.3) is 8.53 Å². The highest BCUT2D eigenvalue weighted by Crippen LogP contribution is 2.50. The minimum atomic E-state index is -1.68. The molecule has 7 aromatic carbocycles. The number of ether oxygens (including phenoxy) is 7. The van der Waals surface area contributed by atoms with E-state index < -0.39 is 31.9 Å². The molecule has 4 atom stereocenters. The molecule has 9 aromatic rings. The number of benzene rings is 7. The van der Waals surface area contributed by atoms with Crippen LogP contribution in [-0.4, -0.2) is 90.6 Å². The van der Waals surface area contributed by atoms with E-state index in [2.05, 4.69) is 87.0 Å². The summed E-state index contributed by atoms with van der Waals surface area (Å²) in [6, 6.07) is 62.9. The average Bonchev–Trinajstić information content (AvgIpc) is 1.84. The molecule has 15 nitrogen and oxygen atoms in total. The van der Waals surface area contributed by atoms with Gasteiger partial charge in [-0.2, -0.15) is 5.26 Å². The first kappa shape index (κ1) is 59.1. The molecule has 0 amide bonds. The number of aromatic nitrogens is 4. The van der Waals surface area contributed by atoms with Gasteiger partial charge < -0.3 is 42.2 Å². The molecule has 16 heteroatoms. The molecule has 1 fully saturated rings. The maximum absolute atomic E-state index is 10.8. The lowest BCUT2D eigenvalue weighted by Gasteiger charge is -2.38. The fraction of sp³-hybridized carbons (Fsp3) is 0.294. The molecule has 0 bridgehead atoms. The van der Waals surface area contributed by atoms with Crippen LogP contribution in [0.4, 0.5) is 0 Å². The van der Waals surface area contributed by atoms with Crippen LogP contribution >= 0.6 is 8.53 Å². The minimum Gasteiger partial charge on any atom is -0.497 e. The highest BCUT2D eigenvalue weighted by Gasteiger charge is 2.41. The van der Waals surface area contributed by atoms with Crippen LogP contribution in [0.3, 0.4) is 0 Å². The van der Waals surface area contributed by atoms with Crippen molar-refractivity contribution in [3.63, 3.8) is 0 Å². The van der Waals surface area contributed by atoms with E-state index in [9.17, 15) is 5.26 Å². The van der Waals surface area contributed by atoms with Gasteiger partial charge in [-0.1, -0.05) is 133 Å². The molecular weight excluding hydrogens is 1080 g/mol. The van der Waals surface area contributed by atoms with Gasteiger partial charge in [0.15, 0.2) is 5.65 Å². The normalized spacial score (nSPS) is 15.3. The number of imidazole rings is 1. The largest absolute Gasteiger partial charge is 0.497 e. The zero-order valence-corrected chi connectivity index (χ0v) is 49.6. The Bertz CT molecular complexity index is 3460. The smallest absolute Gasteiger partial charge is 0.259 e. The number of methoxy groups -OCH3 is 4. The Morgan fingerprint density at radius 2 is 1.05 bits per heavy atom. The quantitative estimate of drug-likeness (QED) is 0.0373. The third kappa shape index (κ3) is 12.6. The molecule has 1 unspecified atom stereocenters. The molecule has 84 heavy (non-hydrogen) atoms. The Kier molecular flexibility index (Phi) is 19.1. The third-order valence-electron chi connectivity index (χ3n) is 15.2. The summed E-state index contributed by atoms with van der Waals surface area (Å²) in [5, 5.41) is 10.8. The van der Waals surface area contributed by atoms with Crippen LogP contribution in [0.25, 0.3) is 22.4 Å². The van der Waals surface area contributed by atoms with Crippen LogP contribution in [-0.2, 0) is 41.1 Å². The first-order valence-corrected chi connectivity index (χ1v) is 29.3. The van der Waals surface area contributed by atoms with Gasteiger partial charge in [-0.25, -0.2) is 19.6 Å². The number of rotatable bonds is 26. The van der Waals surface area contributed by atoms with Crippen LogP contribution in [0.5, 0.6) is 23.0 Å². The second-order valence-corrected chi connectivity index (χ2v) is 22.4. The van der Waals surface area contributed by atoms with Gasteiger partial charge in [0.1, 0.15) is 58.0 Å². The van der Waals surface area contributed by atoms with Gasteiger partial charge in [0, 0.05) is 24.1 Å². The summed E-state index contributed by atoms with van der Waals surface area (Å²) >= 11 is 0.